The van der Waals surface area contributed by atoms with Gasteiger partial charge in [0.1, 0.15) is 5.15 Å². The first-order valence-electron chi connectivity index (χ1n) is 5.60. The Morgan fingerprint density at radius 2 is 2.18 bits per heavy atom. The highest BCUT2D eigenvalue weighted by atomic mass is 35.5. The third-order valence-electron chi connectivity index (χ3n) is 3.21. The lowest BCUT2D eigenvalue weighted by molar-refractivity contribution is -0.127. The van der Waals surface area contributed by atoms with Gasteiger partial charge in [-0.3, -0.25) is 9.78 Å². The van der Waals surface area contributed by atoms with Gasteiger partial charge >= 0.3 is 0 Å². The molecule has 2 N–H and O–H groups in total. The fraction of sp³-hybridized carbons (Fsp3) is 0.545. The third-order valence-corrected chi connectivity index (χ3v) is 3.40. The lowest BCUT2D eigenvalue weighted by Gasteiger charge is -2.35. The molecule has 0 unspecified atom stereocenters. The standard InChI is InChI=1S/C11H15ClN4O/c1-13-10(17)11(2-4-14-5-3-11)8-6-15-7-9(12)16-8/h6-7,14H,2-5H2,1H3,(H,13,17). The Hall–Kier alpha value is -1.20. The van der Waals surface area contributed by atoms with Crippen molar-refractivity contribution in [3.63, 3.8) is 0 Å². The Labute approximate surface area is 105 Å². The molecule has 6 heteroatoms. The zero-order chi connectivity index (χ0) is 12.3. The molecule has 0 radical (unpaired) electrons. The van der Waals surface area contributed by atoms with Gasteiger partial charge < -0.3 is 10.6 Å². The van der Waals surface area contributed by atoms with Gasteiger partial charge in [0, 0.05) is 13.2 Å². The van der Waals surface area contributed by atoms with E-state index in [2.05, 4.69) is 20.6 Å². The first-order chi connectivity index (χ1) is 8.19. The summed E-state index contributed by atoms with van der Waals surface area (Å²) in [6.45, 7) is 1.59. The van der Waals surface area contributed by atoms with Crippen LogP contribution < -0.4 is 10.6 Å². The number of piperidine rings is 1. The van der Waals surface area contributed by atoms with Crippen molar-refractivity contribution >= 4 is 17.5 Å². The smallest absolute Gasteiger partial charge is 0.232 e. The summed E-state index contributed by atoms with van der Waals surface area (Å²) in [5, 5.41) is 6.28. The lowest BCUT2D eigenvalue weighted by atomic mass is 9.75. The molecule has 1 aliphatic rings. The summed E-state index contributed by atoms with van der Waals surface area (Å²) in [5.74, 6) is -0.0180. The Morgan fingerprint density at radius 3 is 2.76 bits per heavy atom. The van der Waals surface area contributed by atoms with Crippen molar-refractivity contribution in [1.29, 1.82) is 0 Å². The van der Waals surface area contributed by atoms with Gasteiger partial charge in [-0.1, -0.05) is 11.6 Å². The largest absolute Gasteiger partial charge is 0.358 e. The number of likely N-dealkylation sites (N-methyl/N-ethyl adjacent to an activating group) is 1. The van der Waals surface area contributed by atoms with Gasteiger partial charge in [-0.15, -0.1) is 0 Å². The Balaban J connectivity index is 2.42. The van der Waals surface area contributed by atoms with E-state index in [-0.39, 0.29) is 5.91 Å². The predicted molar refractivity (Wildman–Crippen MR) is 64.9 cm³/mol. The molecular weight excluding hydrogens is 240 g/mol. The molecular formula is C11H15ClN4O. The molecule has 1 aromatic rings. The van der Waals surface area contributed by atoms with Gasteiger partial charge in [-0.25, -0.2) is 4.98 Å². The highest BCUT2D eigenvalue weighted by molar-refractivity contribution is 6.29. The van der Waals surface area contributed by atoms with Crippen LogP contribution in [0.2, 0.25) is 5.15 Å². The van der Waals surface area contributed by atoms with Gasteiger partial charge in [0.2, 0.25) is 5.91 Å². The highest BCUT2D eigenvalue weighted by Crippen LogP contribution is 2.32. The third kappa shape index (κ3) is 2.25. The zero-order valence-corrected chi connectivity index (χ0v) is 10.4. The van der Waals surface area contributed by atoms with E-state index >= 15 is 0 Å². The van der Waals surface area contributed by atoms with Crippen LogP contribution in [0.1, 0.15) is 18.5 Å². The van der Waals surface area contributed by atoms with Crippen LogP contribution in [0.3, 0.4) is 0 Å². The molecule has 1 aromatic heterocycles. The molecule has 5 nitrogen and oxygen atoms in total. The number of nitrogens with zero attached hydrogens (tertiary/aromatic N) is 2. The van der Waals surface area contributed by atoms with Crippen LogP contribution in [0, 0.1) is 0 Å². The van der Waals surface area contributed by atoms with Crippen molar-refractivity contribution in [2.75, 3.05) is 20.1 Å². The number of aromatic nitrogens is 2. The Morgan fingerprint density at radius 1 is 1.47 bits per heavy atom. The fourth-order valence-corrected chi connectivity index (χ4v) is 2.41. The van der Waals surface area contributed by atoms with E-state index in [1.807, 2.05) is 0 Å². The van der Waals surface area contributed by atoms with Crippen LogP contribution in [0.15, 0.2) is 12.4 Å². The monoisotopic (exact) mass is 254 g/mol. The minimum absolute atomic E-state index is 0.0180. The Kier molecular flexibility index (Phi) is 3.59. The molecule has 2 rings (SSSR count). The molecule has 0 bridgehead atoms. The van der Waals surface area contributed by atoms with Gasteiger partial charge in [0.15, 0.2) is 0 Å². The van der Waals surface area contributed by atoms with Crippen LogP contribution in [0.4, 0.5) is 0 Å². The van der Waals surface area contributed by atoms with Gasteiger partial charge in [-0.2, -0.15) is 0 Å². The number of amides is 1. The van der Waals surface area contributed by atoms with E-state index in [1.165, 1.54) is 6.20 Å². The molecule has 0 saturated carbocycles. The minimum atomic E-state index is -0.599. The SMILES string of the molecule is CNC(=O)C1(c2cncc(Cl)n2)CCNCC1. The first-order valence-corrected chi connectivity index (χ1v) is 5.98. The summed E-state index contributed by atoms with van der Waals surface area (Å²) in [5.41, 5.74) is 0.0589. The maximum Gasteiger partial charge on any atom is 0.232 e. The van der Waals surface area contributed by atoms with Gasteiger partial charge in [-0.05, 0) is 25.9 Å². The van der Waals surface area contributed by atoms with Crippen LogP contribution in [0.5, 0.6) is 0 Å². The molecule has 2 heterocycles. The molecule has 0 spiro atoms. The topological polar surface area (TPSA) is 66.9 Å². The second kappa shape index (κ2) is 4.98. The van der Waals surface area contributed by atoms with Crippen molar-refractivity contribution in [2.24, 2.45) is 0 Å². The van der Waals surface area contributed by atoms with Crippen molar-refractivity contribution in [3.8, 4) is 0 Å². The lowest BCUT2D eigenvalue weighted by Crippen LogP contribution is -2.50. The summed E-state index contributed by atoms with van der Waals surface area (Å²) in [6, 6.07) is 0. The van der Waals surface area contributed by atoms with Gasteiger partial charge in [0.05, 0.1) is 17.3 Å². The summed E-state index contributed by atoms with van der Waals surface area (Å²) in [7, 11) is 1.64. The predicted octanol–water partition coefficient (Wildman–Crippen LogP) is 0.497. The van der Waals surface area contributed by atoms with Crippen LogP contribution >= 0.6 is 11.6 Å². The second-order valence-electron chi connectivity index (χ2n) is 4.14. The number of halogens is 1. The number of hydrogen-bond acceptors (Lipinski definition) is 4. The molecule has 1 amide bonds. The number of carbonyl (C=O) groups is 1. The Bertz CT molecular complexity index is 418. The molecule has 1 saturated heterocycles. The van der Waals surface area contributed by atoms with E-state index < -0.39 is 5.41 Å². The number of carbonyl (C=O) groups excluding carboxylic acids is 1. The molecule has 92 valence electrons. The minimum Gasteiger partial charge on any atom is -0.358 e. The zero-order valence-electron chi connectivity index (χ0n) is 9.66. The van der Waals surface area contributed by atoms with E-state index in [9.17, 15) is 4.79 Å². The fourth-order valence-electron chi connectivity index (χ4n) is 2.27. The van der Waals surface area contributed by atoms with Crippen molar-refractivity contribution in [3.05, 3.63) is 23.2 Å². The van der Waals surface area contributed by atoms with E-state index in [4.69, 9.17) is 11.6 Å². The van der Waals surface area contributed by atoms with Crippen LogP contribution in [-0.2, 0) is 10.2 Å². The van der Waals surface area contributed by atoms with Crippen molar-refractivity contribution < 1.29 is 4.79 Å². The molecule has 0 aliphatic carbocycles. The molecule has 17 heavy (non-hydrogen) atoms. The average Bonchev–Trinajstić information content (AvgIpc) is 2.38. The molecule has 1 aliphatic heterocycles. The second-order valence-corrected chi connectivity index (χ2v) is 4.53. The number of rotatable bonds is 2. The summed E-state index contributed by atoms with van der Waals surface area (Å²) >= 11 is 5.85. The van der Waals surface area contributed by atoms with E-state index in [1.54, 1.807) is 13.2 Å². The first kappa shape index (κ1) is 12.3. The van der Waals surface area contributed by atoms with Crippen LogP contribution in [0.25, 0.3) is 0 Å². The molecule has 0 atom stereocenters. The van der Waals surface area contributed by atoms with Gasteiger partial charge in [0.25, 0.3) is 0 Å². The van der Waals surface area contributed by atoms with Crippen LogP contribution in [-0.4, -0.2) is 36.0 Å². The van der Waals surface area contributed by atoms with E-state index in [0.717, 1.165) is 13.1 Å². The normalized spacial score (nSPS) is 18.7. The molecule has 0 aromatic carbocycles. The van der Waals surface area contributed by atoms with E-state index in [0.29, 0.717) is 23.7 Å². The van der Waals surface area contributed by atoms with Crippen molar-refractivity contribution in [2.45, 2.75) is 18.3 Å². The van der Waals surface area contributed by atoms with Crippen molar-refractivity contribution in [1.82, 2.24) is 20.6 Å². The number of nitrogens with one attached hydrogen (secondary N) is 2. The summed E-state index contributed by atoms with van der Waals surface area (Å²) in [4.78, 5) is 20.4. The quantitative estimate of drug-likeness (QED) is 0.807. The maximum absolute atomic E-state index is 12.2. The number of hydrogen-bond donors (Lipinski definition) is 2. The summed E-state index contributed by atoms with van der Waals surface area (Å²) < 4.78 is 0. The highest BCUT2D eigenvalue weighted by Gasteiger charge is 2.42. The average molecular weight is 255 g/mol. The maximum atomic E-state index is 12.2. The molecule has 1 fully saturated rings. The summed E-state index contributed by atoms with van der Waals surface area (Å²) in [6.07, 6.45) is 4.53.